The zero-order valence-corrected chi connectivity index (χ0v) is 15.7. The highest BCUT2D eigenvalue weighted by Crippen LogP contribution is 2.33. The number of benzene rings is 1. The van der Waals surface area contributed by atoms with Gasteiger partial charge in [-0.1, -0.05) is 13.8 Å². The van der Waals surface area contributed by atoms with Crippen molar-refractivity contribution < 1.29 is 13.6 Å². The molecule has 2 amide bonds. The number of aromatic nitrogens is 3. The van der Waals surface area contributed by atoms with E-state index in [0.717, 1.165) is 5.56 Å². The quantitative estimate of drug-likeness (QED) is 0.547. The number of carbonyl (C=O) groups is 1. The summed E-state index contributed by atoms with van der Waals surface area (Å²) in [5.74, 6) is 0.909. The first-order valence-corrected chi connectivity index (χ1v) is 8.97. The third kappa shape index (κ3) is 3.28. The van der Waals surface area contributed by atoms with E-state index in [1.54, 1.807) is 35.3 Å². The fraction of sp³-hybridized carbons (Fsp3) is 0.250. The zero-order chi connectivity index (χ0) is 19.8. The van der Waals surface area contributed by atoms with E-state index in [0.29, 0.717) is 28.2 Å². The van der Waals surface area contributed by atoms with Gasteiger partial charge in [-0.05, 0) is 31.0 Å². The second-order valence-electron chi connectivity index (χ2n) is 7.03. The number of nitrogens with one attached hydrogen (secondary N) is 2. The SMILES string of the molecule is Cc1c(C(NC(=O)Nc2cnc3nccn3c2)C(C)C)oc2ccc(F)cc12. The fourth-order valence-electron chi connectivity index (χ4n) is 3.23. The molecule has 0 fully saturated rings. The van der Waals surface area contributed by atoms with Crippen LogP contribution in [0.1, 0.15) is 31.2 Å². The lowest BCUT2D eigenvalue weighted by atomic mass is 9.98. The molecule has 0 aliphatic carbocycles. The summed E-state index contributed by atoms with van der Waals surface area (Å²) in [4.78, 5) is 20.8. The molecule has 7 nitrogen and oxygen atoms in total. The van der Waals surface area contributed by atoms with Crippen LogP contribution in [0.4, 0.5) is 14.9 Å². The zero-order valence-electron chi connectivity index (χ0n) is 15.7. The largest absolute Gasteiger partial charge is 0.459 e. The number of rotatable bonds is 4. The van der Waals surface area contributed by atoms with E-state index < -0.39 is 0 Å². The Labute approximate surface area is 160 Å². The van der Waals surface area contributed by atoms with Gasteiger partial charge < -0.3 is 15.1 Å². The second kappa shape index (κ2) is 6.95. The van der Waals surface area contributed by atoms with Gasteiger partial charge in [-0.2, -0.15) is 0 Å². The van der Waals surface area contributed by atoms with Crippen molar-refractivity contribution in [3.8, 4) is 0 Å². The number of imidazole rings is 1. The molecule has 2 N–H and O–H groups in total. The molecule has 0 aliphatic rings. The van der Waals surface area contributed by atoms with E-state index >= 15 is 0 Å². The number of hydrogen-bond acceptors (Lipinski definition) is 4. The fourth-order valence-corrected chi connectivity index (χ4v) is 3.23. The first kappa shape index (κ1) is 18.0. The van der Waals surface area contributed by atoms with E-state index in [1.807, 2.05) is 20.8 Å². The van der Waals surface area contributed by atoms with Gasteiger partial charge in [0.15, 0.2) is 0 Å². The number of halogens is 1. The Morgan fingerprint density at radius 1 is 1.29 bits per heavy atom. The first-order valence-electron chi connectivity index (χ1n) is 8.97. The molecule has 1 unspecified atom stereocenters. The molecule has 0 aliphatic heterocycles. The molecule has 3 heterocycles. The molecule has 1 atom stereocenters. The molecule has 0 spiro atoms. The Kier molecular flexibility index (Phi) is 4.46. The summed E-state index contributed by atoms with van der Waals surface area (Å²) in [5.41, 5.74) is 1.94. The number of nitrogens with zero attached hydrogens (tertiary/aromatic N) is 3. The molecule has 3 aromatic heterocycles. The molecule has 144 valence electrons. The third-order valence-electron chi connectivity index (χ3n) is 4.67. The van der Waals surface area contributed by atoms with Gasteiger partial charge in [0.1, 0.15) is 17.2 Å². The molecular formula is C20H20FN5O2. The van der Waals surface area contributed by atoms with Gasteiger partial charge in [-0.25, -0.2) is 19.2 Å². The lowest BCUT2D eigenvalue weighted by molar-refractivity contribution is 0.241. The Hall–Kier alpha value is -3.42. The molecule has 1 aromatic carbocycles. The van der Waals surface area contributed by atoms with Crippen LogP contribution >= 0.6 is 0 Å². The number of furan rings is 1. The van der Waals surface area contributed by atoms with Gasteiger partial charge in [0, 0.05) is 29.5 Å². The number of carbonyl (C=O) groups excluding carboxylic acids is 1. The summed E-state index contributed by atoms with van der Waals surface area (Å²) < 4.78 is 21.2. The molecule has 4 aromatic rings. The maximum absolute atomic E-state index is 13.6. The van der Waals surface area contributed by atoms with Crippen molar-refractivity contribution in [3.63, 3.8) is 0 Å². The Morgan fingerprint density at radius 2 is 2.11 bits per heavy atom. The van der Waals surface area contributed by atoms with Crippen LogP contribution in [0.5, 0.6) is 0 Å². The molecule has 0 saturated carbocycles. The third-order valence-corrected chi connectivity index (χ3v) is 4.67. The topological polar surface area (TPSA) is 84.5 Å². The lowest BCUT2D eigenvalue weighted by Gasteiger charge is -2.21. The average molecular weight is 381 g/mol. The minimum atomic E-state index is -0.383. The van der Waals surface area contributed by atoms with Crippen molar-refractivity contribution >= 4 is 28.5 Å². The van der Waals surface area contributed by atoms with E-state index in [4.69, 9.17) is 4.42 Å². The molecule has 4 rings (SSSR count). The van der Waals surface area contributed by atoms with E-state index in [9.17, 15) is 9.18 Å². The van der Waals surface area contributed by atoms with Crippen LogP contribution < -0.4 is 10.6 Å². The molecule has 0 saturated heterocycles. The van der Waals surface area contributed by atoms with Crippen molar-refractivity contribution in [2.75, 3.05) is 5.32 Å². The average Bonchev–Trinajstić information content (AvgIpc) is 3.24. The van der Waals surface area contributed by atoms with Gasteiger partial charge >= 0.3 is 6.03 Å². The summed E-state index contributed by atoms with van der Waals surface area (Å²) in [7, 11) is 0. The number of amides is 2. The first-order chi connectivity index (χ1) is 13.4. The van der Waals surface area contributed by atoms with Crippen LogP contribution in [0, 0.1) is 18.7 Å². The van der Waals surface area contributed by atoms with Crippen LogP contribution in [0.15, 0.2) is 47.4 Å². The van der Waals surface area contributed by atoms with Gasteiger partial charge in [-0.3, -0.25) is 4.40 Å². The summed E-state index contributed by atoms with van der Waals surface area (Å²) in [6, 6.07) is 3.65. The Balaban J connectivity index is 1.58. The lowest BCUT2D eigenvalue weighted by Crippen LogP contribution is -2.35. The van der Waals surface area contributed by atoms with Crippen molar-refractivity contribution in [1.29, 1.82) is 0 Å². The predicted molar refractivity (Wildman–Crippen MR) is 104 cm³/mol. The van der Waals surface area contributed by atoms with Crippen molar-refractivity contribution in [1.82, 2.24) is 19.7 Å². The predicted octanol–water partition coefficient (Wildman–Crippen LogP) is 4.44. The van der Waals surface area contributed by atoms with Gasteiger partial charge in [0.05, 0.1) is 17.9 Å². The van der Waals surface area contributed by atoms with E-state index in [-0.39, 0.29) is 23.8 Å². The van der Waals surface area contributed by atoms with Crippen molar-refractivity contribution in [2.45, 2.75) is 26.8 Å². The van der Waals surface area contributed by atoms with Crippen LogP contribution in [0.25, 0.3) is 16.7 Å². The second-order valence-corrected chi connectivity index (χ2v) is 7.03. The minimum Gasteiger partial charge on any atom is -0.459 e. The Morgan fingerprint density at radius 3 is 2.89 bits per heavy atom. The summed E-state index contributed by atoms with van der Waals surface area (Å²) in [6.45, 7) is 5.83. The highest BCUT2D eigenvalue weighted by molar-refractivity contribution is 5.89. The molecule has 28 heavy (non-hydrogen) atoms. The van der Waals surface area contributed by atoms with E-state index in [2.05, 4.69) is 20.6 Å². The highest BCUT2D eigenvalue weighted by Gasteiger charge is 2.25. The van der Waals surface area contributed by atoms with Crippen LogP contribution in [0.3, 0.4) is 0 Å². The van der Waals surface area contributed by atoms with Crippen LogP contribution in [0.2, 0.25) is 0 Å². The maximum Gasteiger partial charge on any atom is 0.319 e. The number of urea groups is 1. The van der Waals surface area contributed by atoms with Gasteiger partial charge in [0.25, 0.3) is 0 Å². The standard InChI is InChI=1S/C20H20FN5O2/c1-11(2)17(18-12(3)15-8-13(21)4-5-16(15)28-18)25-20(27)24-14-9-23-19-22-6-7-26(19)10-14/h4-11,17H,1-3H3,(H2,24,25,27). The number of fused-ring (bicyclic) bond motifs is 2. The van der Waals surface area contributed by atoms with Crippen molar-refractivity contribution in [3.05, 3.63) is 60.1 Å². The minimum absolute atomic E-state index is 0.0594. The Bertz CT molecular complexity index is 1160. The van der Waals surface area contributed by atoms with Crippen molar-refractivity contribution in [2.24, 2.45) is 5.92 Å². The van der Waals surface area contributed by atoms with Gasteiger partial charge in [0.2, 0.25) is 5.78 Å². The molecule has 8 heteroatoms. The normalized spacial score (nSPS) is 12.6. The van der Waals surface area contributed by atoms with Gasteiger partial charge in [-0.15, -0.1) is 0 Å². The van der Waals surface area contributed by atoms with Crippen LogP contribution in [-0.4, -0.2) is 20.4 Å². The van der Waals surface area contributed by atoms with Crippen LogP contribution in [-0.2, 0) is 0 Å². The molecular weight excluding hydrogens is 361 g/mol. The smallest absolute Gasteiger partial charge is 0.319 e. The monoisotopic (exact) mass is 381 g/mol. The molecule has 0 bridgehead atoms. The number of hydrogen-bond donors (Lipinski definition) is 2. The molecule has 0 radical (unpaired) electrons. The summed E-state index contributed by atoms with van der Waals surface area (Å²) in [6.07, 6.45) is 6.66. The maximum atomic E-state index is 13.6. The number of aryl methyl sites for hydroxylation is 1. The summed E-state index contributed by atoms with van der Waals surface area (Å²) in [5, 5.41) is 6.43. The van der Waals surface area contributed by atoms with E-state index in [1.165, 1.54) is 12.1 Å². The highest BCUT2D eigenvalue weighted by atomic mass is 19.1. The number of anilines is 1. The summed E-state index contributed by atoms with van der Waals surface area (Å²) >= 11 is 0.